The summed E-state index contributed by atoms with van der Waals surface area (Å²) in [5, 5.41) is 9.17. The van der Waals surface area contributed by atoms with Gasteiger partial charge in [0, 0.05) is 5.56 Å². The molecule has 5 heteroatoms. The van der Waals surface area contributed by atoms with Gasteiger partial charge in [-0.3, -0.25) is 0 Å². The molecule has 0 radical (unpaired) electrons. The second-order valence-corrected chi connectivity index (χ2v) is 3.66. The van der Waals surface area contributed by atoms with Gasteiger partial charge in [0.1, 0.15) is 5.82 Å². The van der Waals surface area contributed by atoms with Crippen LogP contribution in [0, 0.1) is 17.5 Å². The van der Waals surface area contributed by atoms with Gasteiger partial charge in [0.15, 0.2) is 11.6 Å². The van der Waals surface area contributed by atoms with E-state index < -0.39 is 28.8 Å². The van der Waals surface area contributed by atoms with Crippen LogP contribution in [0.2, 0.25) is 0 Å². The van der Waals surface area contributed by atoms with E-state index >= 15 is 0 Å². The van der Waals surface area contributed by atoms with Crippen LogP contribution in [-0.4, -0.2) is 10.9 Å². The van der Waals surface area contributed by atoms with Gasteiger partial charge in [-0.1, -0.05) is 12.7 Å². The molecule has 16 heavy (non-hydrogen) atoms. The second-order valence-electron chi connectivity index (χ2n) is 3.21. The Hall–Kier alpha value is -1.10. The SMILES string of the molecule is C=Cc1c(O)c(F)c(F)c(CCCS)c1F. The molecule has 1 N–H and O–H groups in total. The van der Waals surface area contributed by atoms with Crippen molar-refractivity contribution in [1.29, 1.82) is 0 Å². The average Bonchev–Trinajstić information content (AvgIpc) is 2.27. The van der Waals surface area contributed by atoms with E-state index in [1.54, 1.807) is 0 Å². The van der Waals surface area contributed by atoms with Gasteiger partial charge >= 0.3 is 0 Å². The summed E-state index contributed by atoms with van der Waals surface area (Å²) in [6.45, 7) is 3.24. The van der Waals surface area contributed by atoms with Crippen molar-refractivity contribution in [3.8, 4) is 5.75 Å². The molecule has 1 rings (SSSR count). The molecule has 0 heterocycles. The summed E-state index contributed by atoms with van der Waals surface area (Å²) in [6.07, 6.45) is 1.40. The molecule has 0 aromatic heterocycles. The van der Waals surface area contributed by atoms with Crippen LogP contribution in [-0.2, 0) is 6.42 Å². The van der Waals surface area contributed by atoms with Crippen molar-refractivity contribution in [1.82, 2.24) is 0 Å². The quantitative estimate of drug-likeness (QED) is 0.618. The molecule has 0 saturated carbocycles. The highest BCUT2D eigenvalue weighted by Gasteiger charge is 2.22. The fourth-order valence-corrected chi connectivity index (χ4v) is 1.54. The van der Waals surface area contributed by atoms with Crippen molar-refractivity contribution in [3.63, 3.8) is 0 Å². The van der Waals surface area contributed by atoms with Gasteiger partial charge in [0.05, 0.1) is 5.56 Å². The van der Waals surface area contributed by atoms with Crippen LogP contribution >= 0.6 is 12.6 Å². The van der Waals surface area contributed by atoms with E-state index in [0.29, 0.717) is 12.2 Å². The smallest absolute Gasteiger partial charge is 0.201 e. The molecule has 0 saturated heterocycles. The maximum Gasteiger partial charge on any atom is 0.201 e. The number of rotatable bonds is 4. The van der Waals surface area contributed by atoms with Gasteiger partial charge in [-0.25, -0.2) is 8.78 Å². The number of benzene rings is 1. The zero-order valence-electron chi connectivity index (χ0n) is 8.43. The van der Waals surface area contributed by atoms with Crippen LogP contribution in [0.5, 0.6) is 5.75 Å². The number of phenolic OH excluding ortho intramolecular Hbond substituents is 1. The van der Waals surface area contributed by atoms with Crippen molar-refractivity contribution in [3.05, 3.63) is 35.2 Å². The van der Waals surface area contributed by atoms with Crippen molar-refractivity contribution in [2.24, 2.45) is 0 Å². The number of halogens is 3. The Kier molecular flexibility index (Phi) is 4.29. The van der Waals surface area contributed by atoms with Crippen LogP contribution in [0.3, 0.4) is 0 Å². The van der Waals surface area contributed by atoms with Crippen molar-refractivity contribution in [2.45, 2.75) is 12.8 Å². The molecule has 1 nitrogen and oxygen atoms in total. The molecule has 0 amide bonds. The zero-order chi connectivity index (χ0) is 12.3. The lowest BCUT2D eigenvalue weighted by Gasteiger charge is -2.10. The molecule has 0 atom stereocenters. The predicted molar refractivity (Wildman–Crippen MR) is 60.2 cm³/mol. The topological polar surface area (TPSA) is 20.2 Å². The van der Waals surface area contributed by atoms with E-state index in [1.165, 1.54) is 0 Å². The molecule has 1 aromatic carbocycles. The fraction of sp³-hybridized carbons (Fsp3) is 0.273. The fourth-order valence-electron chi connectivity index (χ4n) is 1.38. The van der Waals surface area contributed by atoms with E-state index in [0.717, 1.165) is 6.08 Å². The first kappa shape index (κ1) is 13.0. The number of hydrogen-bond donors (Lipinski definition) is 2. The van der Waals surface area contributed by atoms with Crippen LogP contribution in [0.4, 0.5) is 13.2 Å². The molecule has 88 valence electrons. The molecule has 0 aliphatic rings. The third-order valence-corrected chi connectivity index (χ3v) is 2.53. The maximum atomic E-state index is 13.6. The Balaban J connectivity index is 3.36. The Bertz CT molecular complexity index is 418. The van der Waals surface area contributed by atoms with Crippen LogP contribution in [0.1, 0.15) is 17.5 Å². The summed E-state index contributed by atoms with van der Waals surface area (Å²) in [4.78, 5) is 0. The minimum absolute atomic E-state index is 0.0270. The molecule has 0 aliphatic heterocycles. The van der Waals surface area contributed by atoms with E-state index in [-0.39, 0.29) is 12.0 Å². The van der Waals surface area contributed by atoms with E-state index in [2.05, 4.69) is 19.2 Å². The van der Waals surface area contributed by atoms with Gasteiger partial charge < -0.3 is 5.11 Å². The third kappa shape index (κ3) is 2.19. The minimum Gasteiger partial charge on any atom is -0.504 e. The number of aromatic hydroxyl groups is 1. The highest BCUT2D eigenvalue weighted by Crippen LogP contribution is 2.31. The number of phenols is 1. The second kappa shape index (κ2) is 5.30. The first-order valence-electron chi connectivity index (χ1n) is 4.66. The van der Waals surface area contributed by atoms with Crippen LogP contribution in [0.15, 0.2) is 6.58 Å². The predicted octanol–water partition coefficient (Wildman–Crippen LogP) is 3.31. The third-order valence-electron chi connectivity index (χ3n) is 2.21. The van der Waals surface area contributed by atoms with E-state index in [4.69, 9.17) is 5.11 Å². The Morgan fingerprint density at radius 3 is 2.31 bits per heavy atom. The Morgan fingerprint density at radius 1 is 1.19 bits per heavy atom. The molecular formula is C11H11F3OS. The van der Waals surface area contributed by atoms with Crippen molar-refractivity contribution < 1.29 is 18.3 Å². The summed E-state index contributed by atoms with van der Waals surface area (Å²) in [5.41, 5.74) is -0.785. The summed E-state index contributed by atoms with van der Waals surface area (Å²) < 4.78 is 40.2. The number of hydrogen-bond acceptors (Lipinski definition) is 2. The molecule has 0 bridgehead atoms. The number of thiol groups is 1. The van der Waals surface area contributed by atoms with Crippen LogP contribution < -0.4 is 0 Å². The lowest BCUT2D eigenvalue weighted by molar-refractivity contribution is 0.392. The van der Waals surface area contributed by atoms with Crippen LogP contribution in [0.25, 0.3) is 6.08 Å². The van der Waals surface area contributed by atoms with Gasteiger partial charge in [-0.05, 0) is 18.6 Å². The lowest BCUT2D eigenvalue weighted by atomic mass is 10.0. The first-order valence-corrected chi connectivity index (χ1v) is 5.29. The van der Waals surface area contributed by atoms with Gasteiger partial charge in [-0.2, -0.15) is 17.0 Å². The Morgan fingerprint density at radius 2 is 1.81 bits per heavy atom. The highest BCUT2D eigenvalue weighted by atomic mass is 32.1. The molecule has 0 aliphatic carbocycles. The van der Waals surface area contributed by atoms with E-state index in [1.807, 2.05) is 0 Å². The van der Waals surface area contributed by atoms with E-state index in [9.17, 15) is 13.2 Å². The van der Waals surface area contributed by atoms with Crippen molar-refractivity contribution >= 4 is 18.7 Å². The molecule has 1 aromatic rings. The lowest BCUT2D eigenvalue weighted by Crippen LogP contribution is -2.03. The normalized spacial score (nSPS) is 10.5. The largest absolute Gasteiger partial charge is 0.504 e. The summed E-state index contributed by atoms with van der Waals surface area (Å²) in [7, 11) is 0. The summed E-state index contributed by atoms with van der Waals surface area (Å²) >= 11 is 3.91. The first-order chi connectivity index (χ1) is 7.54. The highest BCUT2D eigenvalue weighted by molar-refractivity contribution is 7.80. The van der Waals surface area contributed by atoms with Gasteiger partial charge in [0.25, 0.3) is 0 Å². The van der Waals surface area contributed by atoms with Crippen molar-refractivity contribution in [2.75, 3.05) is 5.75 Å². The monoisotopic (exact) mass is 248 g/mol. The van der Waals surface area contributed by atoms with Gasteiger partial charge in [0.2, 0.25) is 5.82 Å². The van der Waals surface area contributed by atoms with Gasteiger partial charge in [-0.15, -0.1) is 0 Å². The average molecular weight is 248 g/mol. The molecular weight excluding hydrogens is 237 g/mol. The minimum atomic E-state index is -1.44. The standard InChI is InChI=1S/C11H11F3OS/c1-2-6-8(12)7(4-3-5-16)9(13)10(14)11(6)15/h2,15-16H,1,3-5H2. The summed E-state index contributed by atoms with van der Waals surface area (Å²) in [5.74, 6) is -4.36. The Labute approximate surface area is 97.0 Å². The molecule has 0 unspecified atom stereocenters. The zero-order valence-corrected chi connectivity index (χ0v) is 9.33. The summed E-state index contributed by atoms with van der Waals surface area (Å²) in [6, 6.07) is 0. The maximum absolute atomic E-state index is 13.6. The molecule has 0 fully saturated rings. The molecule has 0 spiro atoms.